The number of fused-ring (bicyclic) bond motifs is 1. The van der Waals surface area contributed by atoms with Gasteiger partial charge in [0.25, 0.3) is 5.91 Å². The zero-order chi connectivity index (χ0) is 21.9. The number of anilines is 1. The molecule has 0 saturated heterocycles. The maximum absolute atomic E-state index is 13.3. The highest BCUT2D eigenvalue weighted by atomic mass is 16.4. The van der Waals surface area contributed by atoms with Crippen molar-refractivity contribution in [2.75, 3.05) is 5.32 Å². The monoisotopic (exact) mass is 425 g/mol. The molecular formula is C23H15N5O4. The number of nitrogens with one attached hydrogen (secondary N) is 1. The maximum Gasteiger partial charge on any atom is 0.336 e. The molecule has 0 saturated carbocycles. The van der Waals surface area contributed by atoms with Crippen molar-refractivity contribution < 1.29 is 13.6 Å². The quantitative estimate of drug-likeness (QED) is 0.337. The van der Waals surface area contributed by atoms with Gasteiger partial charge in [-0.2, -0.15) is 4.68 Å². The third kappa shape index (κ3) is 3.82. The van der Waals surface area contributed by atoms with E-state index in [1.165, 1.54) is 17.0 Å². The fourth-order valence-electron chi connectivity index (χ4n) is 3.19. The molecule has 3 aromatic heterocycles. The van der Waals surface area contributed by atoms with Crippen molar-refractivity contribution in [3.8, 4) is 11.4 Å². The Morgan fingerprint density at radius 3 is 2.69 bits per heavy atom. The van der Waals surface area contributed by atoms with Crippen LogP contribution in [0.2, 0.25) is 0 Å². The minimum absolute atomic E-state index is 0.156. The summed E-state index contributed by atoms with van der Waals surface area (Å²) in [5.41, 5.74) is 1.40. The van der Waals surface area contributed by atoms with Crippen LogP contribution in [-0.4, -0.2) is 26.1 Å². The third-order valence-electron chi connectivity index (χ3n) is 4.66. The van der Waals surface area contributed by atoms with E-state index in [1.54, 1.807) is 42.5 Å². The van der Waals surface area contributed by atoms with Crippen molar-refractivity contribution in [1.82, 2.24) is 20.2 Å². The molecule has 0 radical (unpaired) electrons. The summed E-state index contributed by atoms with van der Waals surface area (Å²) in [5.74, 6) is 0.409. The van der Waals surface area contributed by atoms with E-state index in [0.29, 0.717) is 28.2 Å². The van der Waals surface area contributed by atoms with Gasteiger partial charge < -0.3 is 14.2 Å². The van der Waals surface area contributed by atoms with Gasteiger partial charge in [0.05, 0.1) is 6.26 Å². The Balaban J connectivity index is 1.54. The average molecular weight is 425 g/mol. The Morgan fingerprint density at radius 1 is 1.00 bits per heavy atom. The SMILES string of the molecule is O=C(Nc1ccc2oc(=O)ccc2c1)/C(=C\c1ccco1)n1nnnc1-c1ccccc1. The minimum Gasteiger partial charge on any atom is -0.465 e. The van der Waals surface area contributed by atoms with Crippen molar-refractivity contribution >= 4 is 34.3 Å². The van der Waals surface area contributed by atoms with Crippen molar-refractivity contribution in [3.05, 3.63) is 95.2 Å². The molecule has 3 heterocycles. The van der Waals surface area contributed by atoms with Crippen molar-refractivity contribution in [2.45, 2.75) is 0 Å². The molecular weight excluding hydrogens is 410 g/mol. The molecule has 0 fully saturated rings. The lowest BCUT2D eigenvalue weighted by Crippen LogP contribution is -2.19. The molecule has 0 aliphatic rings. The van der Waals surface area contributed by atoms with Crippen LogP contribution in [0.25, 0.3) is 34.1 Å². The summed E-state index contributed by atoms with van der Waals surface area (Å²) in [6, 6.07) is 20.7. The van der Waals surface area contributed by atoms with Crippen LogP contribution >= 0.6 is 0 Å². The van der Waals surface area contributed by atoms with E-state index in [2.05, 4.69) is 20.8 Å². The third-order valence-corrected chi connectivity index (χ3v) is 4.66. The lowest BCUT2D eigenvalue weighted by Gasteiger charge is -2.11. The van der Waals surface area contributed by atoms with Crippen LogP contribution in [0.4, 0.5) is 5.69 Å². The van der Waals surface area contributed by atoms with Gasteiger partial charge in [0.2, 0.25) is 0 Å². The second kappa shape index (κ2) is 8.15. The molecule has 9 heteroatoms. The fraction of sp³-hybridized carbons (Fsp3) is 0. The molecule has 0 unspecified atom stereocenters. The molecule has 32 heavy (non-hydrogen) atoms. The molecule has 2 aromatic carbocycles. The van der Waals surface area contributed by atoms with Crippen LogP contribution in [0.5, 0.6) is 0 Å². The number of hydrogen-bond donors (Lipinski definition) is 1. The normalized spacial score (nSPS) is 11.6. The van der Waals surface area contributed by atoms with Crippen molar-refractivity contribution in [2.24, 2.45) is 0 Å². The average Bonchev–Trinajstić information content (AvgIpc) is 3.50. The summed E-state index contributed by atoms with van der Waals surface area (Å²) in [6.45, 7) is 0. The first kappa shape index (κ1) is 19.2. The van der Waals surface area contributed by atoms with E-state index in [9.17, 15) is 9.59 Å². The number of amides is 1. The molecule has 0 bridgehead atoms. The fourth-order valence-corrected chi connectivity index (χ4v) is 3.19. The first-order chi connectivity index (χ1) is 15.7. The second-order valence-electron chi connectivity index (χ2n) is 6.79. The van der Waals surface area contributed by atoms with E-state index in [0.717, 1.165) is 5.56 Å². The molecule has 0 aliphatic carbocycles. The molecule has 5 aromatic rings. The number of aromatic nitrogens is 4. The number of furan rings is 1. The number of carbonyl (C=O) groups excluding carboxylic acids is 1. The summed E-state index contributed by atoms with van der Waals surface area (Å²) in [7, 11) is 0. The smallest absolute Gasteiger partial charge is 0.336 e. The van der Waals surface area contributed by atoms with Gasteiger partial charge in [-0.05, 0) is 46.8 Å². The maximum atomic E-state index is 13.3. The summed E-state index contributed by atoms with van der Waals surface area (Å²) >= 11 is 0. The van der Waals surface area contributed by atoms with Gasteiger partial charge in [0, 0.05) is 28.8 Å². The van der Waals surface area contributed by atoms with E-state index < -0.39 is 11.5 Å². The molecule has 156 valence electrons. The van der Waals surface area contributed by atoms with E-state index in [4.69, 9.17) is 8.83 Å². The Kier molecular flexibility index (Phi) is 4.89. The van der Waals surface area contributed by atoms with Gasteiger partial charge in [-0.15, -0.1) is 5.10 Å². The van der Waals surface area contributed by atoms with Crippen LogP contribution in [0.1, 0.15) is 5.76 Å². The lowest BCUT2D eigenvalue weighted by atomic mass is 10.2. The summed E-state index contributed by atoms with van der Waals surface area (Å²) in [6.07, 6.45) is 3.06. The Morgan fingerprint density at radius 2 is 1.88 bits per heavy atom. The Labute approximate surface area is 180 Å². The number of rotatable bonds is 5. The van der Waals surface area contributed by atoms with Crippen LogP contribution < -0.4 is 10.9 Å². The highest BCUT2D eigenvalue weighted by molar-refractivity contribution is 6.24. The summed E-state index contributed by atoms with van der Waals surface area (Å²) in [5, 5.41) is 15.4. The van der Waals surface area contributed by atoms with Crippen LogP contribution in [-0.2, 0) is 4.79 Å². The number of hydrogen-bond acceptors (Lipinski definition) is 7. The van der Waals surface area contributed by atoms with Gasteiger partial charge in [-0.25, -0.2) is 4.79 Å². The van der Waals surface area contributed by atoms with Gasteiger partial charge in [-0.1, -0.05) is 30.3 Å². The number of benzene rings is 2. The molecule has 1 N–H and O–H groups in total. The molecule has 0 spiro atoms. The van der Waals surface area contributed by atoms with E-state index in [-0.39, 0.29) is 5.70 Å². The molecule has 1 amide bonds. The predicted octanol–water partition coefficient (Wildman–Crippen LogP) is 3.68. The van der Waals surface area contributed by atoms with Crippen LogP contribution in [0, 0.1) is 0 Å². The topological polar surface area (TPSA) is 116 Å². The van der Waals surface area contributed by atoms with Gasteiger partial charge in [-0.3, -0.25) is 4.79 Å². The molecule has 0 aliphatic heterocycles. The lowest BCUT2D eigenvalue weighted by molar-refractivity contribution is -0.111. The Bertz CT molecular complexity index is 1480. The first-order valence-electron chi connectivity index (χ1n) is 9.62. The number of carbonyl (C=O) groups is 1. The van der Waals surface area contributed by atoms with E-state index >= 15 is 0 Å². The van der Waals surface area contributed by atoms with Crippen molar-refractivity contribution in [3.63, 3.8) is 0 Å². The number of nitrogens with zero attached hydrogens (tertiary/aromatic N) is 4. The predicted molar refractivity (Wildman–Crippen MR) is 117 cm³/mol. The molecule has 9 nitrogen and oxygen atoms in total. The highest BCUT2D eigenvalue weighted by Gasteiger charge is 2.20. The molecule has 0 atom stereocenters. The molecule has 5 rings (SSSR count). The van der Waals surface area contributed by atoms with Crippen molar-refractivity contribution in [1.29, 1.82) is 0 Å². The van der Waals surface area contributed by atoms with Crippen LogP contribution in [0.15, 0.2) is 92.7 Å². The minimum atomic E-state index is -0.456. The van der Waals surface area contributed by atoms with Gasteiger partial charge >= 0.3 is 5.63 Å². The Hall–Kier alpha value is -4.79. The second-order valence-corrected chi connectivity index (χ2v) is 6.79. The highest BCUT2D eigenvalue weighted by Crippen LogP contribution is 2.23. The zero-order valence-electron chi connectivity index (χ0n) is 16.5. The zero-order valence-corrected chi connectivity index (χ0v) is 16.5. The summed E-state index contributed by atoms with van der Waals surface area (Å²) < 4.78 is 11.9. The number of tetrazole rings is 1. The van der Waals surface area contributed by atoms with Crippen LogP contribution in [0.3, 0.4) is 0 Å². The van der Waals surface area contributed by atoms with Gasteiger partial charge in [0.15, 0.2) is 5.82 Å². The first-order valence-corrected chi connectivity index (χ1v) is 9.62. The summed E-state index contributed by atoms with van der Waals surface area (Å²) in [4.78, 5) is 24.7. The van der Waals surface area contributed by atoms with Gasteiger partial charge in [0.1, 0.15) is 17.0 Å². The standard InChI is InChI=1S/C23H15N5O4/c29-21-11-8-16-13-17(9-10-20(16)32-21)24-23(30)19(14-18-7-4-12-31-18)28-22(25-26-27-28)15-5-2-1-3-6-15/h1-14H,(H,24,30)/b19-14+. The van der Waals surface area contributed by atoms with E-state index in [1.807, 2.05) is 30.3 Å². The largest absolute Gasteiger partial charge is 0.465 e.